The van der Waals surface area contributed by atoms with Crippen LogP contribution in [0.4, 0.5) is 0 Å². The molecule has 0 bridgehead atoms. The van der Waals surface area contributed by atoms with E-state index in [1.54, 1.807) is 36.7 Å². The van der Waals surface area contributed by atoms with E-state index in [2.05, 4.69) is 14.9 Å². The molecule has 33 heavy (non-hydrogen) atoms. The molecule has 1 fully saturated rings. The molecule has 2 aromatic heterocycles. The summed E-state index contributed by atoms with van der Waals surface area (Å²) in [7, 11) is 0. The second-order valence-corrected chi connectivity index (χ2v) is 8.81. The van der Waals surface area contributed by atoms with Crippen molar-refractivity contribution in [2.75, 3.05) is 19.6 Å². The van der Waals surface area contributed by atoms with Crippen molar-refractivity contribution in [2.45, 2.75) is 38.3 Å². The summed E-state index contributed by atoms with van der Waals surface area (Å²) >= 11 is 0. The van der Waals surface area contributed by atoms with Gasteiger partial charge in [-0.25, -0.2) is 4.98 Å². The van der Waals surface area contributed by atoms with Crippen LogP contribution in [0, 0.1) is 0 Å². The fourth-order valence-electron chi connectivity index (χ4n) is 4.72. The van der Waals surface area contributed by atoms with Crippen molar-refractivity contribution in [3.63, 3.8) is 0 Å². The Morgan fingerprint density at radius 1 is 1.12 bits per heavy atom. The van der Waals surface area contributed by atoms with Gasteiger partial charge in [0.1, 0.15) is 11.6 Å². The van der Waals surface area contributed by atoms with Crippen LogP contribution in [0.25, 0.3) is 0 Å². The molecule has 8 heteroatoms. The molecule has 4 heterocycles. The average molecular weight is 446 g/mol. The summed E-state index contributed by atoms with van der Waals surface area (Å²) in [6.07, 6.45) is 5.56. The minimum absolute atomic E-state index is 0.00200. The van der Waals surface area contributed by atoms with Gasteiger partial charge < -0.3 is 15.0 Å². The standard InChI is InChI=1S/C25H27N5O3/c31-20-5-3-17(4-6-20)15-29-11-9-22-21(16-29)24(32)28-23(27-22)18-7-12-30(13-8-18)25(33)19-2-1-10-26-14-19/h1-6,10,14,18,31H,7-9,11-13,15-16H2,(H,27,28,32). The number of aromatic amines is 1. The zero-order chi connectivity index (χ0) is 22.8. The fourth-order valence-corrected chi connectivity index (χ4v) is 4.72. The van der Waals surface area contributed by atoms with Crippen LogP contribution in [0.5, 0.6) is 5.75 Å². The highest BCUT2D eigenvalue weighted by molar-refractivity contribution is 5.93. The highest BCUT2D eigenvalue weighted by Gasteiger charge is 2.28. The van der Waals surface area contributed by atoms with Gasteiger partial charge in [0.2, 0.25) is 0 Å². The van der Waals surface area contributed by atoms with Gasteiger partial charge in [0.25, 0.3) is 11.5 Å². The number of phenolic OH excluding ortho intramolecular Hbond substituents is 1. The number of aromatic hydroxyl groups is 1. The molecule has 0 radical (unpaired) electrons. The van der Waals surface area contributed by atoms with E-state index < -0.39 is 0 Å². The predicted molar refractivity (Wildman–Crippen MR) is 123 cm³/mol. The van der Waals surface area contributed by atoms with E-state index >= 15 is 0 Å². The van der Waals surface area contributed by atoms with Crippen molar-refractivity contribution in [3.05, 3.63) is 87.4 Å². The molecule has 1 saturated heterocycles. The number of hydrogen-bond donors (Lipinski definition) is 2. The van der Waals surface area contributed by atoms with Gasteiger partial charge in [0.05, 0.1) is 16.8 Å². The number of fused-ring (bicyclic) bond motifs is 1. The van der Waals surface area contributed by atoms with E-state index in [0.29, 0.717) is 25.2 Å². The minimum Gasteiger partial charge on any atom is -0.508 e. The number of H-pyrrole nitrogens is 1. The maximum absolute atomic E-state index is 12.9. The van der Waals surface area contributed by atoms with Crippen LogP contribution < -0.4 is 5.56 Å². The van der Waals surface area contributed by atoms with Gasteiger partial charge in [-0.15, -0.1) is 0 Å². The van der Waals surface area contributed by atoms with Gasteiger partial charge >= 0.3 is 0 Å². The number of aromatic nitrogens is 3. The number of nitrogens with zero attached hydrogens (tertiary/aromatic N) is 4. The molecule has 2 aliphatic heterocycles. The third-order valence-electron chi connectivity index (χ3n) is 6.59. The number of carbonyl (C=O) groups excluding carboxylic acids is 1. The fraction of sp³-hybridized carbons (Fsp3) is 0.360. The number of piperidine rings is 1. The Hall–Kier alpha value is -3.52. The first-order chi connectivity index (χ1) is 16.1. The molecule has 0 atom stereocenters. The van der Waals surface area contributed by atoms with Crippen molar-refractivity contribution < 1.29 is 9.90 Å². The Morgan fingerprint density at radius 3 is 2.64 bits per heavy atom. The van der Waals surface area contributed by atoms with Crippen LogP contribution in [0.3, 0.4) is 0 Å². The molecule has 170 valence electrons. The van der Waals surface area contributed by atoms with E-state index in [9.17, 15) is 14.7 Å². The first-order valence-electron chi connectivity index (χ1n) is 11.4. The molecule has 0 unspecified atom stereocenters. The number of likely N-dealkylation sites (tertiary alicyclic amines) is 1. The quantitative estimate of drug-likeness (QED) is 0.640. The second kappa shape index (κ2) is 9.15. The molecule has 8 nitrogen and oxygen atoms in total. The topological polar surface area (TPSA) is 102 Å². The highest BCUT2D eigenvalue weighted by atomic mass is 16.3. The van der Waals surface area contributed by atoms with Gasteiger partial charge in [-0.05, 0) is 42.7 Å². The van der Waals surface area contributed by atoms with E-state index in [0.717, 1.165) is 55.0 Å². The summed E-state index contributed by atoms with van der Waals surface area (Å²) in [6.45, 7) is 3.40. The smallest absolute Gasteiger partial charge is 0.255 e. The Labute approximate surface area is 191 Å². The summed E-state index contributed by atoms with van der Waals surface area (Å²) in [5.41, 5.74) is 3.29. The number of amides is 1. The Morgan fingerprint density at radius 2 is 1.91 bits per heavy atom. The number of rotatable bonds is 4. The molecular weight excluding hydrogens is 418 g/mol. The average Bonchev–Trinajstić information content (AvgIpc) is 2.86. The largest absolute Gasteiger partial charge is 0.508 e. The van der Waals surface area contributed by atoms with Gasteiger partial charge in [-0.1, -0.05) is 12.1 Å². The van der Waals surface area contributed by atoms with E-state index in [4.69, 9.17) is 4.98 Å². The first-order valence-corrected chi connectivity index (χ1v) is 11.4. The van der Waals surface area contributed by atoms with Gasteiger partial charge in [-0.3, -0.25) is 19.5 Å². The molecule has 0 saturated carbocycles. The third-order valence-corrected chi connectivity index (χ3v) is 6.59. The van der Waals surface area contributed by atoms with E-state index in [1.165, 1.54) is 0 Å². The van der Waals surface area contributed by atoms with Crippen LogP contribution >= 0.6 is 0 Å². The molecular formula is C25H27N5O3. The second-order valence-electron chi connectivity index (χ2n) is 8.81. The van der Waals surface area contributed by atoms with Crippen molar-refractivity contribution in [1.82, 2.24) is 24.8 Å². The first kappa shape index (κ1) is 21.3. The summed E-state index contributed by atoms with van der Waals surface area (Å²) in [4.78, 5) is 41.6. The van der Waals surface area contributed by atoms with Crippen molar-refractivity contribution >= 4 is 5.91 Å². The molecule has 1 aromatic carbocycles. The lowest BCUT2D eigenvalue weighted by Gasteiger charge is -2.32. The van der Waals surface area contributed by atoms with Crippen molar-refractivity contribution in [1.29, 1.82) is 0 Å². The SMILES string of the molecule is O=C(c1cccnc1)N1CCC(c2nc3c(c(=O)[nH]2)CN(Cc2ccc(O)cc2)CC3)CC1. The Kier molecular flexibility index (Phi) is 5.92. The number of pyridine rings is 1. The lowest BCUT2D eigenvalue weighted by atomic mass is 9.94. The maximum Gasteiger partial charge on any atom is 0.255 e. The summed E-state index contributed by atoms with van der Waals surface area (Å²) in [5, 5.41) is 9.47. The number of carbonyl (C=O) groups is 1. The third kappa shape index (κ3) is 4.66. The molecule has 0 aliphatic carbocycles. The lowest BCUT2D eigenvalue weighted by Crippen LogP contribution is -2.39. The molecule has 1 amide bonds. The molecule has 2 N–H and O–H groups in total. The number of nitrogens with one attached hydrogen (secondary N) is 1. The van der Waals surface area contributed by atoms with Crippen molar-refractivity contribution in [2.24, 2.45) is 0 Å². The van der Waals surface area contributed by atoms with Gasteiger partial charge in [0.15, 0.2) is 0 Å². The lowest BCUT2D eigenvalue weighted by molar-refractivity contribution is 0.0710. The monoisotopic (exact) mass is 445 g/mol. The van der Waals surface area contributed by atoms with Gasteiger partial charge in [-0.2, -0.15) is 0 Å². The van der Waals surface area contributed by atoms with E-state index in [1.807, 2.05) is 17.0 Å². The number of benzene rings is 1. The zero-order valence-electron chi connectivity index (χ0n) is 18.4. The number of phenols is 1. The maximum atomic E-state index is 12.9. The van der Waals surface area contributed by atoms with Gasteiger partial charge in [0, 0.05) is 57.5 Å². The molecule has 3 aromatic rings. The predicted octanol–water partition coefficient (Wildman–Crippen LogP) is 2.45. The molecule has 5 rings (SSSR count). The molecule has 0 spiro atoms. The number of hydrogen-bond acceptors (Lipinski definition) is 6. The summed E-state index contributed by atoms with van der Waals surface area (Å²) < 4.78 is 0. The summed E-state index contributed by atoms with van der Waals surface area (Å²) in [5.74, 6) is 1.15. The Bertz CT molecular complexity index is 1180. The van der Waals surface area contributed by atoms with Crippen LogP contribution in [0.15, 0.2) is 53.6 Å². The highest BCUT2D eigenvalue weighted by Crippen LogP contribution is 2.27. The minimum atomic E-state index is -0.0562. The zero-order valence-corrected chi connectivity index (χ0v) is 18.4. The summed E-state index contributed by atoms with van der Waals surface area (Å²) in [6, 6.07) is 10.7. The Balaban J connectivity index is 1.24. The van der Waals surface area contributed by atoms with Crippen LogP contribution in [0.1, 0.15) is 51.8 Å². The van der Waals surface area contributed by atoms with Crippen LogP contribution in [-0.4, -0.2) is 55.4 Å². The van der Waals surface area contributed by atoms with E-state index in [-0.39, 0.29) is 23.1 Å². The van der Waals surface area contributed by atoms with Crippen LogP contribution in [-0.2, 0) is 19.5 Å². The normalized spacial score (nSPS) is 17.0. The molecule has 2 aliphatic rings. The van der Waals surface area contributed by atoms with Crippen molar-refractivity contribution in [3.8, 4) is 5.75 Å². The van der Waals surface area contributed by atoms with Crippen LogP contribution in [0.2, 0.25) is 0 Å².